The zero-order valence-electron chi connectivity index (χ0n) is 6.40. The van der Waals surface area contributed by atoms with Crippen molar-refractivity contribution in [3.63, 3.8) is 0 Å². The summed E-state index contributed by atoms with van der Waals surface area (Å²) in [5, 5.41) is 0. The van der Waals surface area contributed by atoms with Crippen LogP contribution < -0.4 is 0 Å². The third-order valence-electron chi connectivity index (χ3n) is 1.43. The predicted molar refractivity (Wildman–Crippen MR) is 48.6 cm³/mol. The molecule has 1 heterocycles. The molecule has 56 valence electrons. The van der Waals surface area contributed by atoms with Crippen LogP contribution in [0.5, 0.6) is 0 Å². The molecule has 0 saturated carbocycles. The maximum absolute atomic E-state index is 3.68. The Morgan fingerprint density at radius 2 is 2.09 bits per heavy atom. The van der Waals surface area contributed by atoms with Crippen LogP contribution in [0.1, 0.15) is 0 Å². The molecule has 1 aliphatic heterocycles. The van der Waals surface area contributed by atoms with Crippen LogP contribution in [-0.2, 0) is 0 Å². The van der Waals surface area contributed by atoms with Gasteiger partial charge in [-0.15, -0.1) is 0 Å². The van der Waals surface area contributed by atoms with Crippen LogP contribution in [0, 0.1) is 0 Å². The van der Waals surface area contributed by atoms with Gasteiger partial charge in [-0.25, -0.2) is 0 Å². The van der Waals surface area contributed by atoms with Gasteiger partial charge in [0.25, 0.3) is 0 Å². The van der Waals surface area contributed by atoms with Crippen molar-refractivity contribution >= 4 is 0 Å². The highest BCUT2D eigenvalue weighted by molar-refractivity contribution is 5.34. The largest absolute Gasteiger partial charge is 0.331 e. The summed E-state index contributed by atoms with van der Waals surface area (Å²) < 4.78 is 0. The lowest BCUT2D eigenvalue weighted by molar-refractivity contribution is 0.697. The first kappa shape index (κ1) is 7.61. The van der Waals surface area contributed by atoms with Crippen molar-refractivity contribution < 1.29 is 0 Å². The van der Waals surface area contributed by atoms with Gasteiger partial charge >= 0.3 is 0 Å². The molecule has 0 amide bonds. The zero-order valence-corrected chi connectivity index (χ0v) is 6.40. The molecular formula is C10H11N. The first-order valence-corrected chi connectivity index (χ1v) is 3.46. The first-order valence-electron chi connectivity index (χ1n) is 3.46. The molecule has 1 nitrogen and oxygen atoms in total. The average Bonchev–Trinajstić information content (AvgIpc) is 2.28. The van der Waals surface area contributed by atoms with Gasteiger partial charge in [-0.05, 0) is 17.7 Å². The van der Waals surface area contributed by atoms with Gasteiger partial charge < -0.3 is 4.90 Å². The minimum atomic E-state index is 1.10. The standard InChI is InChI=1S/C10H11N/c1-3-10-6-5-8-11(4-2)9-7-10/h3-9H,1-2H2. The fraction of sp³-hybridized carbons (Fsp3) is 0. The van der Waals surface area contributed by atoms with E-state index in [9.17, 15) is 0 Å². The Morgan fingerprint density at radius 1 is 1.27 bits per heavy atom. The molecule has 1 rings (SSSR count). The molecule has 0 radical (unpaired) electrons. The molecule has 0 bridgehead atoms. The van der Waals surface area contributed by atoms with Crippen LogP contribution in [0.4, 0.5) is 0 Å². The van der Waals surface area contributed by atoms with Crippen molar-refractivity contribution in [1.82, 2.24) is 4.90 Å². The van der Waals surface area contributed by atoms with E-state index in [0.717, 1.165) is 5.57 Å². The topological polar surface area (TPSA) is 3.24 Å². The lowest BCUT2D eigenvalue weighted by Crippen LogP contribution is -1.95. The van der Waals surface area contributed by atoms with Gasteiger partial charge in [0.1, 0.15) is 0 Å². The fourth-order valence-corrected chi connectivity index (χ4v) is 0.789. The number of allylic oxidation sites excluding steroid dienone is 5. The second kappa shape index (κ2) is 3.62. The number of rotatable bonds is 2. The molecule has 0 spiro atoms. The summed E-state index contributed by atoms with van der Waals surface area (Å²) in [5.41, 5.74) is 1.10. The molecule has 0 aliphatic carbocycles. The predicted octanol–water partition coefficient (Wildman–Crippen LogP) is 2.59. The minimum absolute atomic E-state index is 1.10. The highest BCUT2D eigenvalue weighted by Gasteiger charge is 1.90. The Labute approximate surface area is 67.3 Å². The van der Waals surface area contributed by atoms with Crippen molar-refractivity contribution in [3.05, 3.63) is 61.6 Å². The molecule has 1 aliphatic rings. The maximum Gasteiger partial charge on any atom is 0.00876 e. The molecule has 0 aromatic heterocycles. The molecule has 0 aromatic carbocycles. The molecule has 0 fully saturated rings. The Morgan fingerprint density at radius 3 is 2.73 bits per heavy atom. The van der Waals surface area contributed by atoms with Crippen molar-refractivity contribution in [3.8, 4) is 0 Å². The quantitative estimate of drug-likeness (QED) is 0.577. The van der Waals surface area contributed by atoms with E-state index in [-0.39, 0.29) is 0 Å². The van der Waals surface area contributed by atoms with Crippen molar-refractivity contribution in [2.45, 2.75) is 0 Å². The maximum atomic E-state index is 3.68. The molecular weight excluding hydrogens is 134 g/mol. The van der Waals surface area contributed by atoms with E-state index >= 15 is 0 Å². The van der Waals surface area contributed by atoms with Crippen molar-refractivity contribution in [2.75, 3.05) is 0 Å². The van der Waals surface area contributed by atoms with Gasteiger partial charge in [-0.3, -0.25) is 0 Å². The van der Waals surface area contributed by atoms with Gasteiger partial charge in [-0.1, -0.05) is 25.3 Å². The summed E-state index contributed by atoms with van der Waals surface area (Å²) in [6.45, 7) is 7.33. The Bertz CT molecular complexity index is 244. The summed E-state index contributed by atoms with van der Waals surface area (Å²) in [5.74, 6) is 0. The highest BCUT2D eigenvalue weighted by Crippen LogP contribution is 2.05. The van der Waals surface area contributed by atoms with Crippen LogP contribution in [0.2, 0.25) is 0 Å². The number of hydrogen-bond acceptors (Lipinski definition) is 1. The van der Waals surface area contributed by atoms with E-state index < -0.39 is 0 Å². The highest BCUT2D eigenvalue weighted by atomic mass is 15.1. The molecule has 0 atom stereocenters. The van der Waals surface area contributed by atoms with E-state index in [0.29, 0.717) is 0 Å². The summed E-state index contributed by atoms with van der Waals surface area (Å²) in [7, 11) is 0. The van der Waals surface area contributed by atoms with E-state index in [2.05, 4.69) is 13.2 Å². The van der Waals surface area contributed by atoms with Crippen molar-refractivity contribution in [1.29, 1.82) is 0 Å². The van der Waals surface area contributed by atoms with E-state index in [1.165, 1.54) is 0 Å². The third kappa shape index (κ3) is 1.97. The fourth-order valence-electron chi connectivity index (χ4n) is 0.789. The van der Waals surface area contributed by atoms with Crippen LogP contribution >= 0.6 is 0 Å². The SMILES string of the molecule is C=CC1=CC=CN(C=C)C=C1. The normalized spacial score (nSPS) is 15.6. The Hall–Kier alpha value is -1.50. The second-order valence-electron chi connectivity index (χ2n) is 2.16. The summed E-state index contributed by atoms with van der Waals surface area (Å²) in [6, 6.07) is 0. The molecule has 0 unspecified atom stereocenters. The van der Waals surface area contributed by atoms with Gasteiger partial charge in [0.05, 0.1) is 0 Å². The summed E-state index contributed by atoms with van der Waals surface area (Å²) in [6.07, 6.45) is 13.4. The monoisotopic (exact) mass is 145 g/mol. The molecule has 0 N–H and O–H groups in total. The zero-order chi connectivity index (χ0) is 8.10. The van der Waals surface area contributed by atoms with E-state index in [1.54, 1.807) is 6.20 Å². The van der Waals surface area contributed by atoms with Gasteiger partial charge in [0.2, 0.25) is 0 Å². The lowest BCUT2D eigenvalue weighted by Gasteiger charge is -2.04. The van der Waals surface area contributed by atoms with Gasteiger partial charge in [0, 0.05) is 18.6 Å². The molecule has 0 aromatic rings. The lowest BCUT2D eigenvalue weighted by atomic mass is 10.2. The second-order valence-corrected chi connectivity index (χ2v) is 2.16. The van der Waals surface area contributed by atoms with Gasteiger partial charge in [0.15, 0.2) is 0 Å². The number of nitrogens with zero attached hydrogens (tertiary/aromatic N) is 1. The smallest absolute Gasteiger partial charge is 0.00876 e. The third-order valence-corrected chi connectivity index (χ3v) is 1.43. The summed E-state index contributed by atoms with van der Waals surface area (Å²) in [4.78, 5) is 1.88. The molecule has 11 heavy (non-hydrogen) atoms. The summed E-state index contributed by atoms with van der Waals surface area (Å²) >= 11 is 0. The van der Waals surface area contributed by atoms with Crippen LogP contribution in [0.15, 0.2) is 61.6 Å². The van der Waals surface area contributed by atoms with E-state index in [4.69, 9.17) is 0 Å². The Kier molecular flexibility index (Phi) is 2.50. The average molecular weight is 145 g/mol. The van der Waals surface area contributed by atoms with Crippen LogP contribution in [0.3, 0.4) is 0 Å². The first-order chi connectivity index (χ1) is 5.36. The van der Waals surface area contributed by atoms with Crippen LogP contribution in [0.25, 0.3) is 0 Å². The molecule has 1 heteroatoms. The number of hydrogen-bond donors (Lipinski definition) is 0. The van der Waals surface area contributed by atoms with E-state index in [1.807, 2.05) is 41.6 Å². The minimum Gasteiger partial charge on any atom is -0.331 e. The van der Waals surface area contributed by atoms with Crippen LogP contribution in [-0.4, -0.2) is 4.90 Å². The Balaban J connectivity index is 2.81. The van der Waals surface area contributed by atoms with Crippen molar-refractivity contribution in [2.24, 2.45) is 0 Å². The van der Waals surface area contributed by atoms with Gasteiger partial charge in [-0.2, -0.15) is 0 Å². The molecule has 0 saturated heterocycles.